The number of hydrogen-bond donors (Lipinski definition) is 2. The number of phenolic OH excluding ortho intramolecular Hbond substituents is 1. The van der Waals surface area contributed by atoms with E-state index in [2.05, 4.69) is 5.32 Å². The largest absolute Gasteiger partial charge is 0.506 e. The van der Waals surface area contributed by atoms with Crippen LogP contribution in [0.4, 0.5) is 5.69 Å². The van der Waals surface area contributed by atoms with Gasteiger partial charge in [0.1, 0.15) is 17.4 Å². The number of rotatable bonds is 2. The standard InChI is InChI=1S/C15H12ClN3O3/c1-8-10(6-17)14(21)19(2)15(22)11(8)7-18-12-5-9(16)3-4-13(12)20/h3-5,7,18,20H,1-2H3/b11-7-. The Morgan fingerprint density at radius 2 is 2.05 bits per heavy atom. The van der Waals surface area contributed by atoms with Crippen molar-refractivity contribution in [3.05, 3.63) is 46.1 Å². The predicted octanol–water partition coefficient (Wildman–Crippen LogP) is 2.18. The molecular formula is C15H12ClN3O3. The number of nitrogens with one attached hydrogen (secondary N) is 1. The van der Waals surface area contributed by atoms with E-state index in [1.54, 1.807) is 6.07 Å². The van der Waals surface area contributed by atoms with Gasteiger partial charge in [-0.05, 0) is 30.7 Å². The normalized spacial score (nSPS) is 17.0. The molecule has 112 valence electrons. The summed E-state index contributed by atoms with van der Waals surface area (Å²) in [5.41, 5.74) is 0.659. The lowest BCUT2D eigenvalue weighted by molar-refractivity contribution is -0.138. The molecule has 0 fully saturated rings. The number of carbonyl (C=O) groups excluding carboxylic acids is 2. The second-order valence-electron chi connectivity index (χ2n) is 4.64. The van der Waals surface area contributed by atoms with Crippen LogP contribution in [0.3, 0.4) is 0 Å². The quantitative estimate of drug-likeness (QED) is 0.495. The zero-order chi connectivity index (χ0) is 16.4. The summed E-state index contributed by atoms with van der Waals surface area (Å²) >= 11 is 5.84. The molecule has 22 heavy (non-hydrogen) atoms. The van der Waals surface area contributed by atoms with Crippen LogP contribution >= 0.6 is 11.6 Å². The minimum atomic E-state index is -0.632. The molecule has 1 aromatic carbocycles. The lowest BCUT2D eigenvalue weighted by Crippen LogP contribution is -2.39. The molecule has 0 aromatic heterocycles. The van der Waals surface area contributed by atoms with E-state index < -0.39 is 11.8 Å². The second kappa shape index (κ2) is 5.92. The molecule has 0 unspecified atom stereocenters. The zero-order valence-corrected chi connectivity index (χ0v) is 12.6. The van der Waals surface area contributed by atoms with Crippen LogP contribution in [0.1, 0.15) is 6.92 Å². The number of anilines is 1. The number of nitriles is 1. The van der Waals surface area contributed by atoms with Crippen molar-refractivity contribution in [2.45, 2.75) is 6.92 Å². The minimum Gasteiger partial charge on any atom is -0.506 e. The Morgan fingerprint density at radius 1 is 1.36 bits per heavy atom. The van der Waals surface area contributed by atoms with Crippen molar-refractivity contribution in [3.63, 3.8) is 0 Å². The Morgan fingerprint density at radius 3 is 2.68 bits per heavy atom. The SMILES string of the molecule is CC1=C(C#N)C(=O)N(C)C(=O)/C1=C\Nc1cc(Cl)ccc1O. The van der Waals surface area contributed by atoms with Crippen molar-refractivity contribution in [2.24, 2.45) is 0 Å². The van der Waals surface area contributed by atoms with Gasteiger partial charge in [0, 0.05) is 18.3 Å². The third-order valence-electron chi connectivity index (χ3n) is 3.27. The average molecular weight is 318 g/mol. The highest BCUT2D eigenvalue weighted by Gasteiger charge is 2.32. The van der Waals surface area contributed by atoms with E-state index in [-0.39, 0.29) is 22.5 Å². The molecule has 2 rings (SSSR count). The fourth-order valence-electron chi connectivity index (χ4n) is 1.97. The molecule has 1 aliphatic rings. The summed E-state index contributed by atoms with van der Waals surface area (Å²) in [6.07, 6.45) is 1.34. The molecule has 2 N–H and O–H groups in total. The first-order chi connectivity index (χ1) is 10.4. The Balaban J connectivity index is 2.44. The summed E-state index contributed by atoms with van der Waals surface area (Å²) in [5, 5.41) is 21.9. The van der Waals surface area contributed by atoms with Gasteiger partial charge in [0.25, 0.3) is 11.8 Å². The number of carbonyl (C=O) groups is 2. The van der Waals surface area contributed by atoms with Crippen molar-refractivity contribution in [3.8, 4) is 11.8 Å². The maximum Gasteiger partial charge on any atom is 0.271 e. The van der Waals surface area contributed by atoms with Gasteiger partial charge in [0.05, 0.1) is 11.3 Å². The lowest BCUT2D eigenvalue weighted by atomic mass is 9.96. The number of hydrogen-bond acceptors (Lipinski definition) is 5. The number of aromatic hydroxyl groups is 1. The van der Waals surface area contributed by atoms with Crippen molar-refractivity contribution < 1.29 is 14.7 Å². The lowest BCUT2D eigenvalue weighted by Gasteiger charge is -2.23. The summed E-state index contributed by atoms with van der Waals surface area (Å²) in [5.74, 6) is -1.21. The minimum absolute atomic E-state index is 0.0453. The van der Waals surface area contributed by atoms with Crippen molar-refractivity contribution >= 4 is 29.1 Å². The molecule has 2 amide bonds. The van der Waals surface area contributed by atoms with Gasteiger partial charge in [-0.3, -0.25) is 14.5 Å². The fourth-order valence-corrected chi connectivity index (χ4v) is 2.14. The van der Waals surface area contributed by atoms with Crippen molar-refractivity contribution in [2.75, 3.05) is 12.4 Å². The maximum absolute atomic E-state index is 12.1. The topological polar surface area (TPSA) is 93.4 Å². The van der Waals surface area contributed by atoms with Gasteiger partial charge >= 0.3 is 0 Å². The monoisotopic (exact) mass is 317 g/mol. The molecule has 0 saturated heterocycles. The number of imide groups is 1. The first-order valence-corrected chi connectivity index (χ1v) is 6.63. The van der Waals surface area contributed by atoms with Crippen LogP contribution in [0, 0.1) is 11.3 Å². The van der Waals surface area contributed by atoms with Crippen molar-refractivity contribution in [1.82, 2.24) is 4.90 Å². The van der Waals surface area contributed by atoms with E-state index in [9.17, 15) is 14.7 Å². The van der Waals surface area contributed by atoms with Gasteiger partial charge in [-0.2, -0.15) is 5.26 Å². The van der Waals surface area contributed by atoms with Crippen LogP contribution in [-0.4, -0.2) is 28.9 Å². The maximum atomic E-state index is 12.1. The molecular weight excluding hydrogens is 306 g/mol. The van der Waals surface area contributed by atoms with Gasteiger partial charge in [-0.25, -0.2) is 0 Å². The highest BCUT2D eigenvalue weighted by molar-refractivity contribution is 6.31. The third kappa shape index (κ3) is 2.67. The van der Waals surface area contributed by atoms with Crippen LogP contribution in [0.25, 0.3) is 0 Å². The van der Waals surface area contributed by atoms with E-state index in [4.69, 9.17) is 16.9 Å². The van der Waals surface area contributed by atoms with E-state index in [1.807, 2.05) is 0 Å². The fraction of sp³-hybridized carbons (Fsp3) is 0.133. The smallest absolute Gasteiger partial charge is 0.271 e. The average Bonchev–Trinajstić information content (AvgIpc) is 2.49. The highest BCUT2D eigenvalue weighted by Crippen LogP contribution is 2.28. The molecule has 0 aliphatic carbocycles. The van der Waals surface area contributed by atoms with Crippen LogP contribution in [-0.2, 0) is 9.59 Å². The van der Waals surface area contributed by atoms with E-state index in [0.29, 0.717) is 10.7 Å². The molecule has 1 aromatic rings. The predicted molar refractivity (Wildman–Crippen MR) is 80.9 cm³/mol. The third-order valence-corrected chi connectivity index (χ3v) is 3.51. The van der Waals surface area contributed by atoms with E-state index in [0.717, 1.165) is 4.90 Å². The Hall–Kier alpha value is -2.78. The number of halogens is 1. The van der Waals surface area contributed by atoms with Gasteiger partial charge < -0.3 is 10.4 Å². The number of likely N-dealkylation sites (N-methyl/N-ethyl adjacent to an activating group) is 1. The summed E-state index contributed by atoms with van der Waals surface area (Å²) in [7, 11) is 1.30. The molecule has 0 radical (unpaired) electrons. The van der Waals surface area contributed by atoms with Crippen molar-refractivity contribution in [1.29, 1.82) is 5.26 Å². The highest BCUT2D eigenvalue weighted by atomic mass is 35.5. The second-order valence-corrected chi connectivity index (χ2v) is 5.08. The van der Waals surface area contributed by atoms with Gasteiger partial charge in [-0.1, -0.05) is 11.6 Å². The first kappa shape index (κ1) is 15.6. The number of amides is 2. The number of phenols is 1. The Bertz CT molecular complexity index is 775. The van der Waals surface area contributed by atoms with Gasteiger partial charge in [0.2, 0.25) is 0 Å². The molecule has 0 spiro atoms. The molecule has 7 heteroatoms. The van der Waals surface area contributed by atoms with Crippen LogP contribution in [0.15, 0.2) is 41.1 Å². The van der Waals surface area contributed by atoms with Crippen LogP contribution < -0.4 is 5.32 Å². The molecule has 0 atom stereocenters. The molecule has 1 heterocycles. The zero-order valence-electron chi connectivity index (χ0n) is 11.8. The number of benzene rings is 1. The first-order valence-electron chi connectivity index (χ1n) is 6.25. The van der Waals surface area contributed by atoms with E-state index in [1.165, 1.54) is 38.4 Å². The summed E-state index contributed by atoms with van der Waals surface area (Å²) in [6, 6.07) is 6.21. The van der Waals surface area contributed by atoms with Gasteiger partial charge in [-0.15, -0.1) is 0 Å². The Kier molecular flexibility index (Phi) is 4.20. The molecule has 0 saturated carbocycles. The van der Waals surface area contributed by atoms with Crippen LogP contribution in [0.5, 0.6) is 5.75 Å². The van der Waals surface area contributed by atoms with Gasteiger partial charge in [0.15, 0.2) is 0 Å². The molecule has 1 aliphatic heterocycles. The molecule has 0 bridgehead atoms. The number of nitrogens with zero attached hydrogens (tertiary/aromatic N) is 2. The van der Waals surface area contributed by atoms with Crippen LogP contribution in [0.2, 0.25) is 5.02 Å². The molecule has 6 nitrogen and oxygen atoms in total. The van der Waals surface area contributed by atoms with E-state index >= 15 is 0 Å². The Labute approximate surface area is 131 Å². The summed E-state index contributed by atoms with van der Waals surface area (Å²) < 4.78 is 0. The summed E-state index contributed by atoms with van der Waals surface area (Å²) in [6.45, 7) is 1.52. The summed E-state index contributed by atoms with van der Waals surface area (Å²) in [4.78, 5) is 24.8.